The van der Waals surface area contributed by atoms with E-state index < -0.39 is 24.5 Å². The van der Waals surface area contributed by atoms with Crippen LogP contribution in [-0.2, 0) is 14.3 Å². The molecule has 0 amide bonds. The normalized spacial score (nSPS) is 21.6. The van der Waals surface area contributed by atoms with E-state index in [4.69, 9.17) is 20.7 Å². The van der Waals surface area contributed by atoms with E-state index in [1.54, 1.807) is 0 Å². The second-order valence-corrected chi connectivity index (χ2v) is 4.90. The van der Waals surface area contributed by atoms with Crippen LogP contribution in [0.25, 0.3) is 0 Å². The van der Waals surface area contributed by atoms with Crippen LogP contribution in [0.1, 0.15) is 12.8 Å². The fourth-order valence-corrected chi connectivity index (χ4v) is 2.22. The Morgan fingerprint density at radius 3 is 2.59 bits per heavy atom. The van der Waals surface area contributed by atoms with E-state index in [0.717, 1.165) is 0 Å². The van der Waals surface area contributed by atoms with Gasteiger partial charge in [0.25, 0.3) is 0 Å². The van der Waals surface area contributed by atoms with Gasteiger partial charge in [-0.3, -0.25) is 9.79 Å². The molecule has 0 heterocycles. The number of ether oxygens (including phenoxy) is 1. The zero-order valence-corrected chi connectivity index (χ0v) is 12.3. The average molecular weight is 315 g/mol. The number of methoxy groups -OCH3 is 1. The largest absolute Gasteiger partial charge is 0.493 e. The van der Waals surface area contributed by atoms with Gasteiger partial charge >= 0.3 is 11.9 Å². The van der Waals surface area contributed by atoms with Crippen LogP contribution in [0.2, 0.25) is 0 Å². The van der Waals surface area contributed by atoms with Crippen molar-refractivity contribution < 1.29 is 29.6 Å². The van der Waals surface area contributed by atoms with E-state index in [2.05, 4.69) is 10.3 Å². The van der Waals surface area contributed by atoms with E-state index >= 15 is 0 Å². The van der Waals surface area contributed by atoms with E-state index in [0.29, 0.717) is 30.0 Å². The number of allylic oxidation sites excluding steroid dienone is 2. The number of carboxylic acids is 2. The number of nitrogens with two attached hydrogens (primary N) is 1. The standard InChI is InChI=1S/C13H21N3O6/c1-22-12-8(15-5-11(18)19)2-7(6-17)3-9(12)16-10(4-14)13(20)21/h7,10,16-17H,2-6,14H2,1H3,(H,18,19)(H,20,21). The highest BCUT2D eigenvalue weighted by Gasteiger charge is 2.29. The summed E-state index contributed by atoms with van der Waals surface area (Å²) < 4.78 is 5.24. The molecule has 0 fully saturated rings. The molecule has 1 rings (SSSR count). The number of aliphatic imine (C=N–C) groups is 1. The Hall–Kier alpha value is -2.13. The second kappa shape index (κ2) is 8.35. The number of aliphatic carboxylic acids is 2. The van der Waals surface area contributed by atoms with Crippen LogP contribution in [0.3, 0.4) is 0 Å². The zero-order chi connectivity index (χ0) is 16.7. The first-order chi connectivity index (χ1) is 10.4. The van der Waals surface area contributed by atoms with Gasteiger partial charge in [-0.1, -0.05) is 0 Å². The molecule has 2 unspecified atom stereocenters. The summed E-state index contributed by atoms with van der Waals surface area (Å²) in [5.74, 6) is -2.08. The number of rotatable bonds is 8. The van der Waals surface area contributed by atoms with E-state index in [1.807, 2.05) is 0 Å². The first-order valence-electron chi connectivity index (χ1n) is 6.75. The maximum absolute atomic E-state index is 11.1. The van der Waals surface area contributed by atoms with Gasteiger partial charge in [-0.2, -0.15) is 0 Å². The van der Waals surface area contributed by atoms with Crippen LogP contribution in [0.4, 0.5) is 0 Å². The zero-order valence-electron chi connectivity index (χ0n) is 12.3. The van der Waals surface area contributed by atoms with E-state index in [1.165, 1.54) is 7.11 Å². The molecule has 2 atom stereocenters. The Balaban J connectivity index is 3.12. The molecule has 0 saturated heterocycles. The molecule has 0 radical (unpaired) electrons. The Kier molecular flexibility index (Phi) is 6.80. The average Bonchev–Trinajstić information content (AvgIpc) is 2.49. The highest BCUT2D eigenvalue weighted by molar-refractivity contribution is 6.00. The summed E-state index contributed by atoms with van der Waals surface area (Å²) in [7, 11) is 1.39. The summed E-state index contributed by atoms with van der Waals surface area (Å²) in [6, 6.07) is -1.00. The molecule has 0 bridgehead atoms. The molecular weight excluding hydrogens is 294 g/mol. The van der Waals surface area contributed by atoms with Crippen molar-refractivity contribution in [1.82, 2.24) is 5.32 Å². The van der Waals surface area contributed by atoms with Crippen LogP contribution in [0.5, 0.6) is 0 Å². The van der Waals surface area contributed by atoms with Gasteiger partial charge in [0.2, 0.25) is 0 Å². The summed E-state index contributed by atoms with van der Waals surface area (Å²) in [6.45, 7) is -0.678. The van der Waals surface area contributed by atoms with Crippen LogP contribution in [-0.4, -0.2) is 65.8 Å². The van der Waals surface area contributed by atoms with E-state index in [9.17, 15) is 14.7 Å². The number of aliphatic hydroxyl groups is 1. The Bertz CT molecular complexity index is 488. The minimum Gasteiger partial charge on any atom is -0.493 e. The van der Waals surface area contributed by atoms with Crippen molar-refractivity contribution in [3.63, 3.8) is 0 Å². The Morgan fingerprint density at radius 2 is 2.14 bits per heavy atom. The predicted molar refractivity (Wildman–Crippen MR) is 77.4 cm³/mol. The molecule has 0 aromatic heterocycles. The van der Waals surface area contributed by atoms with Crippen molar-refractivity contribution in [1.29, 1.82) is 0 Å². The summed E-state index contributed by atoms with van der Waals surface area (Å²) >= 11 is 0. The van der Waals surface area contributed by atoms with Crippen molar-refractivity contribution in [2.45, 2.75) is 18.9 Å². The molecule has 9 nitrogen and oxygen atoms in total. The highest BCUT2D eigenvalue weighted by atomic mass is 16.5. The van der Waals surface area contributed by atoms with Crippen molar-refractivity contribution in [3.05, 3.63) is 11.5 Å². The minimum absolute atomic E-state index is 0.124. The minimum atomic E-state index is -1.11. The van der Waals surface area contributed by atoms with Crippen LogP contribution in [0.15, 0.2) is 16.4 Å². The molecular formula is C13H21N3O6. The lowest BCUT2D eigenvalue weighted by molar-refractivity contribution is -0.139. The summed E-state index contributed by atoms with van der Waals surface area (Å²) in [5.41, 5.74) is 6.26. The van der Waals surface area contributed by atoms with Crippen molar-refractivity contribution >= 4 is 17.7 Å². The van der Waals surface area contributed by atoms with Crippen LogP contribution < -0.4 is 11.1 Å². The lowest BCUT2D eigenvalue weighted by Crippen LogP contribution is -2.44. The second-order valence-electron chi connectivity index (χ2n) is 4.90. The predicted octanol–water partition coefficient (Wildman–Crippen LogP) is -1.23. The number of hydrogen-bond acceptors (Lipinski definition) is 7. The first-order valence-corrected chi connectivity index (χ1v) is 6.75. The van der Waals surface area contributed by atoms with Gasteiger partial charge in [0, 0.05) is 13.2 Å². The highest BCUT2D eigenvalue weighted by Crippen LogP contribution is 2.27. The molecule has 0 aliphatic heterocycles. The fourth-order valence-electron chi connectivity index (χ4n) is 2.22. The summed E-state index contributed by atoms with van der Waals surface area (Å²) in [5, 5.41) is 29.9. The third-order valence-corrected chi connectivity index (χ3v) is 3.26. The van der Waals surface area contributed by atoms with Gasteiger partial charge < -0.3 is 31.1 Å². The van der Waals surface area contributed by atoms with Gasteiger partial charge in [-0.05, 0) is 18.8 Å². The first kappa shape index (κ1) is 17.9. The maximum atomic E-state index is 11.1. The third-order valence-electron chi connectivity index (χ3n) is 3.26. The summed E-state index contributed by atoms with van der Waals surface area (Å²) in [6.07, 6.45) is 0.730. The van der Waals surface area contributed by atoms with Gasteiger partial charge in [-0.25, -0.2) is 4.79 Å². The topological polar surface area (TPSA) is 154 Å². The lowest BCUT2D eigenvalue weighted by Gasteiger charge is -2.28. The van der Waals surface area contributed by atoms with Gasteiger partial charge in [0.1, 0.15) is 12.6 Å². The number of aliphatic hydroxyl groups excluding tert-OH is 1. The summed E-state index contributed by atoms with van der Waals surface area (Å²) in [4.78, 5) is 25.7. The molecule has 6 N–H and O–H groups in total. The molecule has 124 valence electrons. The SMILES string of the molecule is COC1=C(NC(CN)C(=O)O)CC(CO)CC1=NCC(=O)O. The molecule has 0 aromatic carbocycles. The van der Waals surface area contributed by atoms with E-state index in [-0.39, 0.29) is 19.1 Å². The molecule has 22 heavy (non-hydrogen) atoms. The van der Waals surface area contributed by atoms with Crippen molar-refractivity contribution in [2.75, 3.05) is 26.8 Å². The number of carboxylic acid groups (broad SMARTS) is 2. The molecule has 9 heteroatoms. The van der Waals surface area contributed by atoms with Gasteiger partial charge in [-0.15, -0.1) is 0 Å². The van der Waals surface area contributed by atoms with Crippen molar-refractivity contribution in [2.24, 2.45) is 16.6 Å². The Labute approximate surface area is 127 Å². The maximum Gasteiger partial charge on any atom is 0.327 e. The third kappa shape index (κ3) is 4.71. The number of nitrogens with zero attached hydrogens (tertiary/aromatic N) is 1. The molecule has 0 aromatic rings. The van der Waals surface area contributed by atoms with Gasteiger partial charge in [0.05, 0.1) is 18.5 Å². The fraction of sp³-hybridized carbons (Fsp3) is 0.615. The van der Waals surface area contributed by atoms with Crippen LogP contribution in [0, 0.1) is 5.92 Å². The smallest absolute Gasteiger partial charge is 0.327 e. The molecule has 1 aliphatic rings. The van der Waals surface area contributed by atoms with Crippen molar-refractivity contribution in [3.8, 4) is 0 Å². The molecule has 1 aliphatic carbocycles. The number of carbonyl (C=O) groups is 2. The molecule has 0 saturated carbocycles. The quantitative estimate of drug-likeness (QED) is 0.373. The monoisotopic (exact) mass is 315 g/mol. The molecule has 0 spiro atoms. The van der Waals surface area contributed by atoms with Gasteiger partial charge in [0.15, 0.2) is 5.76 Å². The number of nitrogens with one attached hydrogen (secondary N) is 1. The number of hydrogen-bond donors (Lipinski definition) is 5. The Morgan fingerprint density at radius 1 is 1.45 bits per heavy atom. The lowest BCUT2D eigenvalue weighted by atomic mass is 9.89. The van der Waals surface area contributed by atoms with Crippen LogP contribution >= 0.6 is 0 Å².